The van der Waals surface area contributed by atoms with Gasteiger partial charge < -0.3 is 4.98 Å². The minimum absolute atomic E-state index is 1.04. The van der Waals surface area contributed by atoms with Crippen LogP contribution in [0.5, 0.6) is 0 Å². The molecule has 2 heterocycles. The third-order valence-corrected chi connectivity index (χ3v) is 4.80. The number of hydrogen-bond acceptors (Lipinski definition) is 1. The van der Waals surface area contributed by atoms with Crippen LogP contribution in [0.25, 0.3) is 43.8 Å². The minimum atomic E-state index is 1.04. The molecule has 0 aliphatic heterocycles. The minimum Gasteiger partial charge on any atom is -0.354 e. The molecule has 5 rings (SSSR count). The Morgan fingerprint density at radius 2 is 1.54 bits per heavy atom. The van der Waals surface area contributed by atoms with E-state index in [1.807, 2.05) is 6.20 Å². The molecule has 2 heteroatoms. The summed E-state index contributed by atoms with van der Waals surface area (Å²) in [4.78, 5) is 8.35. The molecule has 0 atom stereocenters. The third-order valence-electron chi connectivity index (χ3n) is 4.80. The number of fused-ring (bicyclic) bond motifs is 4. The van der Waals surface area contributed by atoms with Gasteiger partial charge in [-0.05, 0) is 30.0 Å². The summed E-state index contributed by atoms with van der Waals surface area (Å²) in [5.74, 6) is 0. The summed E-state index contributed by atoms with van der Waals surface area (Å²) in [6.45, 7) is 2.16. The SMILES string of the molecule is Cc1ccc2c([nH]c3ccccc32)c1-c1nccc2ccccc12. The molecule has 0 amide bonds. The molecule has 1 N–H and O–H groups in total. The molecule has 0 aliphatic rings. The molecule has 0 fully saturated rings. The van der Waals surface area contributed by atoms with Gasteiger partial charge in [0.1, 0.15) is 0 Å². The van der Waals surface area contributed by atoms with Crippen LogP contribution >= 0.6 is 0 Å². The summed E-state index contributed by atoms with van der Waals surface area (Å²) in [5, 5.41) is 4.92. The molecular formula is C22H16N2. The van der Waals surface area contributed by atoms with Gasteiger partial charge in [-0.15, -0.1) is 0 Å². The molecule has 0 aliphatic carbocycles. The smallest absolute Gasteiger partial charge is 0.0804 e. The molecule has 0 radical (unpaired) electrons. The first-order chi connectivity index (χ1) is 11.8. The van der Waals surface area contributed by atoms with Gasteiger partial charge in [-0.2, -0.15) is 0 Å². The Hall–Kier alpha value is -3.13. The van der Waals surface area contributed by atoms with E-state index in [-0.39, 0.29) is 0 Å². The summed E-state index contributed by atoms with van der Waals surface area (Å²) in [6.07, 6.45) is 1.90. The fraction of sp³-hybridized carbons (Fsp3) is 0.0455. The Morgan fingerprint density at radius 1 is 0.750 bits per heavy atom. The lowest BCUT2D eigenvalue weighted by atomic mass is 9.97. The zero-order chi connectivity index (χ0) is 16.1. The first kappa shape index (κ1) is 13.3. The second-order valence-corrected chi connectivity index (χ2v) is 6.23. The van der Waals surface area contributed by atoms with E-state index in [1.54, 1.807) is 0 Å². The van der Waals surface area contributed by atoms with Crippen LogP contribution in [0.2, 0.25) is 0 Å². The van der Waals surface area contributed by atoms with Crippen LogP contribution in [-0.2, 0) is 0 Å². The van der Waals surface area contributed by atoms with Crippen LogP contribution in [0.15, 0.2) is 72.9 Å². The summed E-state index contributed by atoms with van der Waals surface area (Å²) in [5.41, 5.74) is 5.81. The van der Waals surface area contributed by atoms with Crippen LogP contribution in [-0.4, -0.2) is 9.97 Å². The van der Waals surface area contributed by atoms with Crippen LogP contribution in [0.1, 0.15) is 5.56 Å². The van der Waals surface area contributed by atoms with Gasteiger partial charge in [-0.25, -0.2) is 0 Å². The van der Waals surface area contributed by atoms with Gasteiger partial charge in [0.25, 0.3) is 0 Å². The maximum absolute atomic E-state index is 4.74. The maximum Gasteiger partial charge on any atom is 0.0804 e. The highest BCUT2D eigenvalue weighted by atomic mass is 14.7. The summed E-state index contributed by atoms with van der Waals surface area (Å²) >= 11 is 0. The Labute approximate surface area is 139 Å². The number of pyridine rings is 1. The van der Waals surface area contributed by atoms with E-state index in [0.29, 0.717) is 0 Å². The van der Waals surface area contributed by atoms with Crippen molar-refractivity contribution in [2.75, 3.05) is 0 Å². The Balaban J connectivity index is 1.97. The molecule has 0 bridgehead atoms. The first-order valence-corrected chi connectivity index (χ1v) is 8.17. The molecule has 0 unspecified atom stereocenters. The van der Waals surface area contributed by atoms with Crippen molar-refractivity contribution >= 4 is 32.6 Å². The van der Waals surface area contributed by atoms with E-state index in [4.69, 9.17) is 4.98 Å². The van der Waals surface area contributed by atoms with E-state index in [2.05, 4.69) is 78.6 Å². The molecule has 0 saturated heterocycles. The van der Waals surface area contributed by atoms with E-state index >= 15 is 0 Å². The average Bonchev–Trinajstić information content (AvgIpc) is 3.00. The number of nitrogens with one attached hydrogen (secondary N) is 1. The van der Waals surface area contributed by atoms with Crippen molar-refractivity contribution < 1.29 is 0 Å². The van der Waals surface area contributed by atoms with Crippen molar-refractivity contribution in [3.8, 4) is 11.3 Å². The summed E-state index contributed by atoms with van der Waals surface area (Å²) in [6, 6.07) is 23.4. The van der Waals surface area contributed by atoms with Gasteiger partial charge in [-0.1, -0.05) is 54.6 Å². The lowest BCUT2D eigenvalue weighted by Crippen LogP contribution is -1.90. The zero-order valence-corrected chi connectivity index (χ0v) is 13.4. The Morgan fingerprint density at radius 3 is 2.46 bits per heavy atom. The monoisotopic (exact) mass is 308 g/mol. The number of aromatic nitrogens is 2. The standard InChI is InChI=1S/C22H16N2/c1-14-10-11-18-17-8-4-5-9-19(17)24-22(18)20(14)21-16-7-3-2-6-15(16)12-13-23-21/h2-13,24H,1H3. The Kier molecular flexibility index (Phi) is 2.74. The largest absolute Gasteiger partial charge is 0.354 e. The van der Waals surface area contributed by atoms with Crippen molar-refractivity contribution in [3.05, 3.63) is 78.5 Å². The molecular weight excluding hydrogens is 292 g/mol. The van der Waals surface area contributed by atoms with Gasteiger partial charge in [-0.3, -0.25) is 4.98 Å². The number of rotatable bonds is 1. The van der Waals surface area contributed by atoms with Crippen molar-refractivity contribution in [1.82, 2.24) is 9.97 Å². The van der Waals surface area contributed by atoms with Crippen LogP contribution in [0, 0.1) is 6.92 Å². The van der Waals surface area contributed by atoms with Gasteiger partial charge in [0.2, 0.25) is 0 Å². The van der Waals surface area contributed by atoms with Crippen molar-refractivity contribution in [2.45, 2.75) is 6.92 Å². The molecule has 24 heavy (non-hydrogen) atoms. The predicted octanol–water partition coefficient (Wildman–Crippen LogP) is 5.84. The highest BCUT2D eigenvalue weighted by Crippen LogP contribution is 2.37. The maximum atomic E-state index is 4.74. The molecule has 114 valence electrons. The van der Waals surface area contributed by atoms with Crippen LogP contribution < -0.4 is 0 Å². The highest BCUT2D eigenvalue weighted by molar-refractivity contribution is 6.14. The van der Waals surface area contributed by atoms with E-state index in [9.17, 15) is 0 Å². The quantitative estimate of drug-likeness (QED) is 0.414. The summed E-state index contributed by atoms with van der Waals surface area (Å²) in [7, 11) is 0. The lowest BCUT2D eigenvalue weighted by Gasteiger charge is -2.10. The van der Waals surface area contributed by atoms with E-state index in [0.717, 1.165) is 5.69 Å². The fourth-order valence-electron chi connectivity index (χ4n) is 3.65. The lowest BCUT2D eigenvalue weighted by molar-refractivity contribution is 1.34. The molecule has 0 saturated carbocycles. The van der Waals surface area contributed by atoms with Crippen LogP contribution in [0.4, 0.5) is 0 Å². The Bertz CT molecular complexity index is 1210. The highest BCUT2D eigenvalue weighted by Gasteiger charge is 2.15. The number of nitrogens with zero attached hydrogens (tertiary/aromatic N) is 1. The van der Waals surface area contributed by atoms with Crippen LogP contribution in [0.3, 0.4) is 0 Å². The summed E-state index contributed by atoms with van der Waals surface area (Å²) < 4.78 is 0. The number of hydrogen-bond donors (Lipinski definition) is 1. The molecule has 3 aromatic carbocycles. The van der Waals surface area contributed by atoms with Gasteiger partial charge in [0.05, 0.1) is 11.2 Å². The molecule has 2 nitrogen and oxygen atoms in total. The molecule has 2 aromatic heterocycles. The molecule has 5 aromatic rings. The number of para-hydroxylation sites is 1. The van der Waals surface area contributed by atoms with E-state index in [1.165, 1.54) is 43.7 Å². The normalized spacial score (nSPS) is 11.5. The van der Waals surface area contributed by atoms with Gasteiger partial charge in [0, 0.05) is 33.4 Å². The third kappa shape index (κ3) is 1.80. The second-order valence-electron chi connectivity index (χ2n) is 6.23. The zero-order valence-electron chi connectivity index (χ0n) is 13.4. The number of aromatic amines is 1. The molecule has 0 spiro atoms. The predicted molar refractivity (Wildman–Crippen MR) is 101 cm³/mol. The van der Waals surface area contributed by atoms with Crippen molar-refractivity contribution in [2.24, 2.45) is 0 Å². The fourth-order valence-corrected chi connectivity index (χ4v) is 3.65. The topological polar surface area (TPSA) is 28.7 Å². The second kappa shape index (κ2) is 4.93. The van der Waals surface area contributed by atoms with Crippen molar-refractivity contribution in [3.63, 3.8) is 0 Å². The van der Waals surface area contributed by atoms with Gasteiger partial charge in [0.15, 0.2) is 0 Å². The number of benzene rings is 3. The van der Waals surface area contributed by atoms with Gasteiger partial charge >= 0.3 is 0 Å². The van der Waals surface area contributed by atoms with E-state index < -0.39 is 0 Å². The van der Waals surface area contributed by atoms with Crippen molar-refractivity contribution in [1.29, 1.82) is 0 Å². The number of aryl methyl sites for hydroxylation is 1. The number of H-pyrrole nitrogens is 1. The first-order valence-electron chi connectivity index (χ1n) is 8.17. The average molecular weight is 308 g/mol.